The molecule has 1 aromatic carbocycles. The van der Waals surface area contributed by atoms with Crippen molar-refractivity contribution in [3.63, 3.8) is 0 Å². The molecule has 3 nitrogen and oxygen atoms in total. The molecule has 0 aliphatic heterocycles. The molecule has 2 aromatic rings. The Hall–Kier alpha value is -1.75. The van der Waals surface area contributed by atoms with E-state index in [0.717, 1.165) is 16.7 Å². The van der Waals surface area contributed by atoms with Gasteiger partial charge in [0.1, 0.15) is 6.33 Å². The normalized spacial score (nSPS) is 10.4. The highest BCUT2D eigenvalue weighted by Gasteiger charge is 2.15. The average molecular weight is 243 g/mol. The maximum Gasteiger partial charge on any atom is 0.264 e. The third kappa shape index (κ3) is 1.81. The Labute approximate surface area is 94.3 Å². The molecule has 16 heavy (non-hydrogen) atoms. The predicted molar refractivity (Wildman–Crippen MR) is 53.3 cm³/mol. The Bertz CT molecular complexity index is 540. The standard InChI is InChI=1S/C10H5ClF2N2O/c11-7-4-9(13)8(12)3-6(7)10(16)15-2-1-14-5-15/h1-5H. The molecule has 0 spiro atoms. The molecule has 2 rings (SSSR count). The highest BCUT2D eigenvalue weighted by Crippen LogP contribution is 2.20. The number of carbonyl (C=O) groups is 1. The Morgan fingerprint density at radius 2 is 2.00 bits per heavy atom. The molecule has 0 saturated heterocycles. The number of imidazole rings is 1. The lowest BCUT2D eigenvalue weighted by Crippen LogP contribution is -2.11. The van der Waals surface area contributed by atoms with Crippen molar-refractivity contribution in [2.24, 2.45) is 0 Å². The van der Waals surface area contributed by atoms with Crippen molar-refractivity contribution in [3.8, 4) is 0 Å². The lowest BCUT2D eigenvalue weighted by atomic mass is 10.2. The number of hydrogen-bond donors (Lipinski definition) is 0. The van der Waals surface area contributed by atoms with E-state index in [-0.39, 0.29) is 10.6 Å². The minimum absolute atomic E-state index is 0.112. The van der Waals surface area contributed by atoms with Crippen molar-refractivity contribution in [2.75, 3.05) is 0 Å². The molecule has 0 aliphatic rings. The first-order valence-corrected chi connectivity index (χ1v) is 4.64. The quantitative estimate of drug-likeness (QED) is 0.720. The number of aromatic nitrogens is 2. The van der Waals surface area contributed by atoms with Gasteiger partial charge in [-0.05, 0) is 12.1 Å². The molecule has 0 fully saturated rings. The third-order valence-electron chi connectivity index (χ3n) is 1.98. The van der Waals surface area contributed by atoms with Crippen LogP contribution < -0.4 is 0 Å². The van der Waals surface area contributed by atoms with E-state index in [2.05, 4.69) is 4.98 Å². The van der Waals surface area contributed by atoms with Gasteiger partial charge in [0.2, 0.25) is 0 Å². The summed E-state index contributed by atoms with van der Waals surface area (Å²) in [4.78, 5) is 15.4. The summed E-state index contributed by atoms with van der Waals surface area (Å²) in [5, 5.41) is -0.141. The Balaban J connectivity index is 2.49. The Morgan fingerprint density at radius 1 is 1.31 bits per heavy atom. The van der Waals surface area contributed by atoms with Gasteiger partial charge in [-0.15, -0.1) is 0 Å². The molecule has 6 heteroatoms. The molecule has 0 radical (unpaired) electrons. The van der Waals surface area contributed by atoms with Crippen molar-refractivity contribution in [1.82, 2.24) is 9.55 Å². The second-order valence-corrected chi connectivity index (χ2v) is 3.43. The average Bonchev–Trinajstić information content (AvgIpc) is 2.75. The molecule has 1 heterocycles. The lowest BCUT2D eigenvalue weighted by Gasteiger charge is -2.04. The number of hydrogen-bond acceptors (Lipinski definition) is 2. The van der Waals surface area contributed by atoms with Gasteiger partial charge in [-0.2, -0.15) is 0 Å². The summed E-state index contributed by atoms with van der Waals surface area (Å²) in [7, 11) is 0. The monoisotopic (exact) mass is 242 g/mol. The van der Waals surface area contributed by atoms with Gasteiger partial charge >= 0.3 is 0 Å². The number of halogens is 3. The van der Waals surface area contributed by atoms with E-state index in [1.165, 1.54) is 18.7 Å². The van der Waals surface area contributed by atoms with Crippen LogP contribution in [0.1, 0.15) is 10.4 Å². The molecular weight excluding hydrogens is 238 g/mol. The predicted octanol–water partition coefficient (Wildman–Crippen LogP) is 2.50. The summed E-state index contributed by atoms with van der Waals surface area (Å²) < 4.78 is 26.8. The number of rotatable bonds is 1. The number of nitrogens with zero attached hydrogens (tertiary/aromatic N) is 2. The van der Waals surface area contributed by atoms with E-state index in [0.29, 0.717) is 0 Å². The third-order valence-corrected chi connectivity index (χ3v) is 2.29. The van der Waals surface area contributed by atoms with Crippen molar-refractivity contribution in [1.29, 1.82) is 0 Å². The van der Waals surface area contributed by atoms with Gasteiger partial charge in [-0.25, -0.2) is 13.8 Å². The zero-order chi connectivity index (χ0) is 11.7. The van der Waals surface area contributed by atoms with Crippen LogP contribution in [0.25, 0.3) is 0 Å². The van der Waals surface area contributed by atoms with Crippen LogP contribution in [0, 0.1) is 11.6 Å². The molecule has 0 unspecified atom stereocenters. The molecule has 0 amide bonds. The van der Waals surface area contributed by atoms with Crippen LogP contribution in [0.4, 0.5) is 8.78 Å². The van der Waals surface area contributed by atoms with Crippen molar-refractivity contribution in [2.45, 2.75) is 0 Å². The Kier molecular flexibility index (Phi) is 2.70. The molecule has 1 aromatic heterocycles. The number of benzene rings is 1. The fraction of sp³-hybridized carbons (Fsp3) is 0. The van der Waals surface area contributed by atoms with E-state index in [1.54, 1.807) is 0 Å². The molecule has 0 aliphatic carbocycles. The second-order valence-electron chi connectivity index (χ2n) is 3.02. The van der Waals surface area contributed by atoms with Crippen LogP contribution in [0.3, 0.4) is 0 Å². The van der Waals surface area contributed by atoms with Crippen molar-refractivity contribution >= 4 is 17.5 Å². The van der Waals surface area contributed by atoms with Gasteiger partial charge in [0.25, 0.3) is 5.91 Å². The van der Waals surface area contributed by atoms with E-state index in [1.807, 2.05) is 0 Å². The SMILES string of the molecule is O=C(c1cc(F)c(F)cc1Cl)n1ccnc1. The zero-order valence-corrected chi connectivity index (χ0v) is 8.58. The van der Waals surface area contributed by atoms with Crippen LogP contribution in [-0.4, -0.2) is 15.5 Å². The zero-order valence-electron chi connectivity index (χ0n) is 7.82. The van der Waals surface area contributed by atoms with Crippen molar-refractivity contribution in [3.05, 3.63) is 53.1 Å². The van der Waals surface area contributed by atoms with E-state index in [4.69, 9.17) is 11.6 Å². The van der Waals surface area contributed by atoms with Crippen LogP contribution in [0.5, 0.6) is 0 Å². The summed E-state index contributed by atoms with van der Waals surface area (Å²) >= 11 is 5.65. The topological polar surface area (TPSA) is 34.9 Å². The van der Waals surface area contributed by atoms with E-state index >= 15 is 0 Å². The summed E-state index contributed by atoms with van der Waals surface area (Å²) in [6.45, 7) is 0. The molecule has 0 N–H and O–H groups in total. The van der Waals surface area contributed by atoms with E-state index < -0.39 is 17.5 Å². The minimum atomic E-state index is -1.12. The van der Waals surface area contributed by atoms with Gasteiger partial charge in [-0.3, -0.25) is 9.36 Å². The maximum atomic E-state index is 13.0. The highest BCUT2D eigenvalue weighted by molar-refractivity contribution is 6.33. The first-order valence-electron chi connectivity index (χ1n) is 4.27. The van der Waals surface area contributed by atoms with Gasteiger partial charge in [0, 0.05) is 12.4 Å². The fourth-order valence-electron chi connectivity index (χ4n) is 1.20. The lowest BCUT2D eigenvalue weighted by molar-refractivity contribution is 0.0959. The number of carbonyl (C=O) groups excluding carboxylic acids is 1. The van der Waals surface area contributed by atoms with Gasteiger partial charge in [-0.1, -0.05) is 11.6 Å². The largest absolute Gasteiger partial charge is 0.272 e. The van der Waals surface area contributed by atoms with Gasteiger partial charge < -0.3 is 0 Å². The summed E-state index contributed by atoms with van der Waals surface area (Å²) in [5.41, 5.74) is -0.112. The maximum absolute atomic E-state index is 13.0. The van der Waals surface area contributed by atoms with Crippen LogP contribution in [0.2, 0.25) is 5.02 Å². The van der Waals surface area contributed by atoms with E-state index in [9.17, 15) is 13.6 Å². The molecule has 82 valence electrons. The van der Waals surface area contributed by atoms with Crippen LogP contribution in [0.15, 0.2) is 30.9 Å². The fourth-order valence-corrected chi connectivity index (χ4v) is 1.44. The van der Waals surface area contributed by atoms with Gasteiger partial charge in [0.05, 0.1) is 10.6 Å². The molecular formula is C10H5ClF2N2O. The van der Waals surface area contributed by atoms with Crippen LogP contribution >= 0.6 is 11.6 Å². The molecule has 0 saturated carbocycles. The first-order chi connectivity index (χ1) is 7.59. The second kappa shape index (κ2) is 4.02. The molecule has 0 atom stereocenters. The minimum Gasteiger partial charge on any atom is -0.272 e. The van der Waals surface area contributed by atoms with Crippen molar-refractivity contribution < 1.29 is 13.6 Å². The Morgan fingerprint density at radius 3 is 2.62 bits per heavy atom. The van der Waals surface area contributed by atoms with Crippen LogP contribution in [-0.2, 0) is 0 Å². The highest BCUT2D eigenvalue weighted by atomic mass is 35.5. The molecule has 0 bridgehead atoms. The smallest absolute Gasteiger partial charge is 0.264 e. The summed E-state index contributed by atoms with van der Waals surface area (Å²) in [6, 6.07) is 1.53. The first kappa shape index (κ1) is 10.8. The van der Waals surface area contributed by atoms with Gasteiger partial charge in [0.15, 0.2) is 11.6 Å². The summed E-state index contributed by atoms with van der Waals surface area (Å²) in [6.07, 6.45) is 4.03. The summed E-state index contributed by atoms with van der Waals surface area (Å²) in [5.74, 6) is -2.78.